The molecule has 1 aromatic heterocycles. The van der Waals surface area contributed by atoms with E-state index in [2.05, 4.69) is 10.4 Å². The van der Waals surface area contributed by atoms with E-state index in [9.17, 15) is 18.0 Å². The number of hydrogen-bond acceptors (Lipinski definition) is 3. The van der Waals surface area contributed by atoms with Crippen molar-refractivity contribution in [1.29, 1.82) is 0 Å². The van der Waals surface area contributed by atoms with Gasteiger partial charge in [0.25, 0.3) is 5.91 Å². The van der Waals surface area contributed by atoms with Crippen LogP contribution in [-0.2, 0) is 6.42 Å². The maximum Gasteiger partial charge on any atom is 0.410 e. The number of aromatic nitrogens is 2. The van der Waals surface area contributed by atoms with Crippen LogP contribution in [0.5, 0.6) is 0 Å². The number of likely N-dealkylation sites (tertiary alicyclic amines) is 1. The van der Waals surface area contributed by atoms with Gasteiger partial charge in [-0.15, -0.1) is 0 Å². The Hall–Kier alpha value is -2.71. The van der Waals surface area contributed by atoms with E-state index in [4.69, 9.17) is 23.2 Å². The molecule has 10 heteroatoms. The van der Waals surface area contributed by atoms with Gasteiger partial charge >= 0.3 is 6.18 Å². The summed E-state index contributed by atoms with van der Waals surface area (Å²) in [4.78, 5) is 15.1. The minimum atomic E-state index is -4.49. The second-order valence-corrected chi connectivity index (χ2v) is 10.0. The quantitative estimate of drug-likeness (QED) is 0.422. The number of anilines is 1. The van der Waals surface area contributed by atoms with Crippen LogP contribution in [0.15, 0.2) is 54.7 Å². The van der Waals surface area contributed by atoms with Crippen molar-refractivity contribution in [2.24, 2.45) is 5.92 Å². The summed E-state index contributed by atoms with van der Waals surface area (Å²) in [6.07, 6.45) is -1.96. The molecule has 1 N–H and O–H groups in total. The zero-order valence-electron chi connectivity index (χ0n) is 18.6. The summed E-state index contributed by atoms with van der Waals surface area (Å²) in [6, 6.07) is 11.9. The highest BCUT2D eigenvalue weighted by molar-refractivity contribution is 6.34. The molecule has 35 heavy (non-hydrogen) atoms. The normalized spacial score (nSPS) is 22.1. The summed E-state index contributed by atoms with van der Waals surface area (Å²) in [7, 11) is 0. The number of nitrogens with one attached hydrogen (secondary N) is 1. The van der Waals surface area contributed by atoms with Crippen LogP contribution in [-0.4, -0.2) is 39.9 Å². The first kappa shape index (κ1) is 24.0. The van der Waals surface area contributed by atoms with Gasteiger partial charge in [0.15, 0.2) is 6.04 Å². The minimum absolute atomic E-state index is 0.113. The fourth-order valence-corrected chi connectivity index (χ4v) is 5.61. The van der Waals surface area contributed by atoms with Gasteiger partial charge in [0, 0.05) is 29.6 Å². The molecule has 3 aromatic rings. The van der Waals surface area contributed by atoms with Gasteiger partial charge in [-0.3, -0.25) is 4.79 Å². The highest BCUT2D eigenvalue weighted by Crippen LogP contribution is 2.44. The first-order chi connectivity index (χ1) is 16.7. The summed E-state index contributed by atoms with van der Waals surface area (Å²) in [5, 5.41) is 8.26. The summed E-state index contributed by atoms with van der Waals surface area (Å²) < 4.78 is 42.7. The predicted octanol–water partition coefficient (Wildman–Crippen LogP) is 6.56. The van der Waals surface area contributed by atoms with Gasteiger partial charge in [-0.25, -0.2) is 4.68 Å². The van der Waals surface area contributed by atoms with E-state index in [0.717, 1.165) is 22.2 Å². The number of halogens is 5. The van der Waals surface area contributed by atoms with Gasteiger partial charge in [0.2, 0.25) is 0 Å². The molecule has 5 rings (SSSR count). The van der Waals surface area contributed by atoms with Crippen molar-refractivity contribution < 1.29 is 18.0 Å². The SMILES string of the molecule is O=C(c1cnn2c1NC(c1ccccc1)CC2C(F)(F)F)N1CCC(Cc2cc(Cl)cc(Cl)c2)C1. The smallest absolute Gasteiger partial charge is 0.363 e. The third-order valence-electron chi connectivity index (χ3n) is 6.69. The molecule has 0 saturated carbocycles. The standard InChI is InChI=1S/C25H23Cl2F3N4O/c26-18-9-16(10-19(27)11-18)8-15-6-7-33(14-15)24(35)20-13-31-34-22(25(28,29)30)12-21(32-23(20)34)17-4-2-1-3-5-17/h1-5,9-11,13,15,21-22,32H,6-8,12,14H2. The average Bonchev–Trinajstić information content (AvgIpc) is 3.44. The lowest BCUT2D eigenvalue weighted by atomic mass is 9.96. The van der Waals surface area contributed by atoms with Crippen molar-refractivity contribution in [3.05, 3.63) is 81.5 Å². The first-order valence-electron chi connectivity index (χ1n) is 11.4. The number of fused-ring (bicyclic) bond motifs is 1. The molecular weight excluding hydrogens is 500 g/mol. The number of alkyl halides is 3. The predicted molar refractivity (Wildman–Crippen MR) is 129 cm³/mol. The first-order valence-corrected chi connectivity index (χ1v) is 12.1. The Bertz CT molecular complexity index is 1210. The van der Waals surface area contributed by atoms with Gasteiger partial charge in [-0.05, 0) is 48.1 Å². The van der Waals surface area contributed by atoms with Crippen molar-refractivity contribution in [1.82, 2.24) is 14.7 Å². The molecule has 3 heterocycles. The second kappa shape index (κ2) is 9.39. The molecule has 0 radical (unpaired) electrons. The second-order valence-electron chi connectivity index (χ2n) is 9.14. The Labute approximate surface area is 210 Å². The molecule has 2 aromatic carbocycles. The van der Waals surface area contributed by atoms with Crippen LogP contribution in [0, 0.1) is 5.92 Å². The van der Waals surface area contributed by atoms with Crippen LogP contribution in [0.2, 0.25) is 10.0 Å². The Kier molecular flexibility index (Phi) is 6.44. The number of benzene rings is 2. The summed E-state index contributed by atoms with van der Waals surface area (Å²) in [6.45, 7) is 1.02. The zero-order valence-corrected chi connectivity index (χ0v) is 20.1. The summed E-state index contributed by atoms with van der Waals surface area (Å²) >= 11 is 12.2. The van der Waals surface area contributed by atoms with Crippen LogP contribution < -0.4 is 5.32 Å². The Morgan fingerprint density at radius 3 is 2.51 bits per heavy atom. The van der Waals surface area contributed by atoms with E-state index < -0.39 is 18.3 Å². The van der Waals surface area contributed by atoms with E-state index in [1.807, 2.05) is 18.2 Å². The van der Waals surface area contributed by atoms with E-state index >= 15 is 0 Å². The molecule has 2 aliphatic rings. The van der Waals surface area contributed by atoms with Gasteiger partial charge in [-0.2, -0.15) is 18.3 Å². The maximum absolute atomic E-state index is 13.9. The molecule has 0 aliphatic carbocycles. The molecule has 184 valence electrons. The van der Waals surface area contributed by atoms with E-state index in [1.165, 1.54) is 6.20 Å². The van der Waals surface area contributed by atoms with Crippen LogP contribution in [0.3, 0.4) is 0 Å². The molecule has 1 saturated heterocycles. The van der Waals surface area contributed by atoms with Gasteiger partial charge in [-0.1, -0.05) is 53.5 Å². The summed E-state index contributed by atoms with van der Waals surface area (Å²) in [5.74, 6) is -0.00431. The van der Waals surface area contributed by atoms with Crippen molar-refractivity contribution in [2.75, 3.05) is 18.4 Å². The van der Waals surface area contributed by atoms with E-state index in [0.29, 0.717) is 29.6 Å². The fraction of sp³-hybridized carbons (Fsp3) is 0.360. The van der Waals surface area contributed by atoms with Gasteiger partial charge in [0.05, 0.1) is 12.2 Å². The lowest BCUT2D eigenvalue weighted by Gasteiger charge is -2.34. The third kappa shape index (κ3) is 5.00. The lowest BCUT2D eigenvalue weighted by Crippen LogP contribution is -2.37. The molecule has 2 aliphatic heterocycles. The highest BCUT2D eigenvalue weighted by atomic mass is 35.5. The minimum Gasteiger partial charge on any atom is -0.363 e. The van der Waals surface area contributed by atoms with Crippen molar-refractivity contribution in [3.63, 3.8) is 0 Å². The van der Waals surface area contributed by atoms with Gasteiger partial charge < -0.3 is 10.2 Å². The fourth-order valence-electron chi connectivity index (χ4n) is 5.04. The third-order valence-corrected chi connectivity index (χ3v) is 7.13. The van der Waals surface area contributed by atoms with Crippen LogP contribution >= 0.6 is 23.2 Å². The van der Waals surface area contributed by atoms with Crippen molar-refractivity contribution >= 4 is 34.9 Å². The zero-order chi connectivity index (χ0) is 24.7. The largest absolute Gasteiger partial charge is 0.410 e. The number of amides is 1. The van der Waals surface area contributed by atoms with Crippen LogP contribution in [0.25, 0.3) is 0 Å². The molecule has 3 unspecified atom stereocenters. The van der Waals surface area contributed by atoms with E-state index in [1.54, 1.807) is 35.2 Å². The number of nitrogens with zero attached hydrogens (tertiary/aromatic N) is 3. The van der Waals surface area contributed by atoms with Gasteiger partial charge in [0.1, 0.15) is 11.4 Å². The molecular formula is C25H23Cl2F3N4O. The monoisotopic (exact) mass is 522 g/mol. The molecule has 0 bridgehead atoms. The Morgan fingerprint density at radius 2 is 1.83 bits per heavy atom. The topological polar surface area (TPSA) is 50.2 Å². The lowest BCUT2D eigenvalue weighted by molar-refractivity contribution is -0.173. The molecule has 0 spiro atoms. The average molecular weight is 523 g/mol. The number of rotatable bonds is 4. The number of carbonyl (C=O) groups is 1. The summed E-state index contributed by atoms with van der Waals surface area (Å²) in [5.41, 5.74) is 1.88. The number of carbonyl (C=O) groups excluding carboxylic acids is 1. The molecule has 1 amide bonds. The molecule has 1 fully saturated rings. The maximum atomic E-state index is 13.9. The number of hydrogen-bond donors (Lipinski definition) is 1. The van der Waals surface area contributed by atoms with E-state index in [-0.39, 0.29) is 29.6 Å². The molecule has 5 nitrogen and oxygen atoms in total. The molecule has 3 atom stereocenters. The Balaban J connectivity index is 1.37. The van der Waals surface area contributed by atoms with Crippen LogP contribution in [0.1, 0.15) is 46.4 Å². The van der Waals surface area contributed by atoms with Crippen molar-refractivity contribution in [2.45, 2.75) is 37.5 Å². The Morgan fingerprint density at radius 1 is 1.11 bits per heavy atom. The highest BCUT2D eigenvalue weighted by Gasteiger charge is 2.47. The van der Waals surface area contributed by atoms with Crippen LogP contribution in [0.4, 0.5) is 19.0 Å². The van der Waals surface area contributed by atoms with Crippen molar-refractivity contribution in [3.8, 4) is 0 Å².